The van der Waals surface area contributed by atoms with Crippen LogP contribution in [0.25, 0.3) is 0 Å². The minimum absolute atomic E-state index is 0.437. The van der Waals surface area contributed by atoms with E-state index in [4.69, 9.17) is 0 Å². The van der Waals surface area contributed by atoms with Gasteiger partial charge in [0.05, 0.1) is 11.2 Å². The second kappa shape index (κ2) is 4.43. The van der Waals surface area contributed by atoms with Gasteiger partial charge in [0, 0.05) is 6.42 Å². The van der Waals surface area contributed by atoms with Crippen molar-refractivity contribution in [2.75, 3.05) is 0 Å². The molecule has 0 aromatic carbocycles. The molecule has 0 bridgehead atoms. The van der Waals surface area contributed by atoms with Gasteiger partial charge in [-0.25, -0.2) is 0 Å². The molecular weight excluding hydrogens is 164 g/mol. The van der Waals surface area contributed by atoms with Crippen LogP contribution < -0.4 is 0 Å². The highest BCUT2D eigenvalue weighted by Crippen LogP contribution is 2.25. The van der Waals surface area contributed by atoms with Crippen molar-refractivity contribution < 1.29 is 10.2 Å². The van der Waals surface area contributed by atoms with Crippen molar-refractivity contribution in [3.63, 3.8) is 0 Å². The SMILES string of the molecule is CC(C)CCC(C)(O)CC(C)(C)O. The molecular formula is C11H24O2. The lowest BCUT2D eigenvalue weighted by atomic mass is 9.86. The molecule has 0 fully saturated rings. The Balaban J connectivity index is 3.94. The van der Waals surface area contributed by atoms with E-state index < -0.39 is 11.2 Å². The van der Waals surface area contributed by atoms with Crippen LogP contribution in [0.4, 0.5) is 0 Å². The van der Waals surface area contributed by atoms with Gasteiger partial charge in [0.15, 0.2) is 0 Å². The molecule has 0 aromatic heterocycles. The topological polar surface area (TPSA) is 40.5 Å². The third-order valence-electron chi connectivity index (χ3n) is 2.07. The Kier molecular flexibility index (Phi) is 4.40. The monoisotopic (exact) mass is 188 g/mol. The van der Waals surface area contributed by atoms with Crippen LogP contribution >= 0.6 is 0 Å². The summed E-state index contributed by atoms with van der Waals surface area (Å²) >= 11 is 0. The Morgan fingerprint density at radius 3 is 1.85 bits per heavy atom. The van der Waals surface area contributed by atoms with Crippen molar-refractivity contribution in [1.82, 2.24) is 0 Å². The van der Waals surface area contributed by atoms with E-state index in [1.165, 1.54) is 0 Å². The minimum atomic E-state index is -0.777. The standard InChI is InChI=1S/C11H24O2/c1-9(2)6-7-11(5,13)8-10(3,4)12/h9,12-13H,6-8H2,1-5H3. The van der Waals surface area contributed by atoms with Crippen molar-refractivity contribution >= 4 is 0 Å². The number of rotatable bonds is 5. The third kappa shape index (κ3) is 8.26. The summed E-state index contributed by atoms with van der Waals surface area (Å²) in [6.07, 6.45) is 2.20. The Morgan fingerprint density at radius 2 is 1.54 bits per heavy atom. The molecule has 0 aliphatic heterocycles. The molecule has 0 spiro atoms. The van der Waals surface area contributed by atoms with Crippen LogP contribution in [-0.2, 0) is 0 Å². The first kappa shape index (κ1) is 12.9. The highest BCUT2D eigenvalue weighted by atomic mass is 16.3. The molecule has 2 heteroatoms. The average molecular weight is 188 g/mol. The predicted molar refractivity (Wildman–Crippen MR) is 55.6 cm³/mol. The van der Waals surface area contributed by atoms with Crippen molar-refractivity contribution in [1.29, 1.82) is 0 Å². The number of hydrogen-bond acceptors (Lipinski definition) is 2. The van der Waals surface area contributed by atoms with Gasteiger partial charge in [-0.3, -0.25) is 0 Å². The van der Waals surface area contributed by atoms with E-state index in [0.29, 0.717) is 12.3 Å². The van der Waals surface area contributed by atoms with Gasteiger partial charge < -0.3 is 10.2 Å². The van der Waals surface area contributed by atoms with Gasteiger partial charge >= 0.3 is 0 Å². The first-order chi connectivity index (χ1) is 5.62. The molecule has 1 unspecified atom stereocenters. The predicted octanol–water partition coefficient (Wildman–Crippen LogP) is 2.33. The zero-order valence-electron chi connectivity index (χ0n) is 9.59. The van der Waals surface area contributed by atoms with Crippen LogP contribution in [0, 0.1) is 5.92 Å². The molecule has 2 N–H and O–H groups in total. The van der Waals surface area contributed by atoms with E-state index in [0.717, 1.165) is 12.8 Å². The van der Waals surface area contributed by atoms with Gasteiger partial charge in [0.2, 0.25) is 0 Å². The molecule has 0 aromatic rings. The second-order valence-electron chi connectivity index (χ2n) is 5.42. The summed E-state index contributed by atoms with van der Waals surface area (Å²) in [6.45, 7) is 9.54. The summed E-state index contributed by atoms with van der Waals surface area (Å²) in [5.41, 5.74) is -1.51. The molecule has 0 heterocycles. The first-order valence-corrected chi connectivity index (χ1v) is 5.07. The van der Waals surface area contributed by atoms with E-state index in [1.54, 1.807) is 20.8 Å². The zero-order chi connectivity index (χ0) is 10.7. The van der Waals surface area contributed by atoms with Crippen molar-refractivity contribution in [3.05, 3.63) is 0 Å². The second-order valence-corrected chi connectivity index (χ2v) is 5.42. The molecule has 80 valence electrons. The van der Waals surface area contributed by atoms with Crippen LogP contribution in [-0.4, -0.2) is 21.4 Å². The maximum atomic E-state index is 9.94. The minimum Gasteiger partial charge on any atom is -0.390 e. The third-order valence-corrected chi connectivity index (χ3v) is 2.07. The summed E-state index contributed by atoms with van der Waals surface area (Å²) in [4.78, 5) is 0. The molecule has 0 amide bonds. The maximum Gasteiger partial charge on any atom is 0.0647 e. The fraction of sp³-hybridized carbons (Fsp3) is 1.00. The fourth-order valence-electron chi connectivity index (χ4n) is 1.62. The summed E-state index contributed by atoms with van der Waals surface area (Å²) in [6, 6.07) is 0. The zero-order valence-corrected chi connectivity index (χ0v) is 9.59. The number of hydrogen-bond donors (Lipinski definition) is 2. The molecule has 0 saturated carbocycles. The Morgan fingerprint density at radius 1 is 1.08 bits per heavy atom. The van der Waals surface area contributed by atoms with Gasteiger partial charge in [0.1, 0.15) is 0 Å². The first-order valence-electron chi connectivity index (χ1n) is 5.07. The molecule has 0 radical (unpaired) electrons. The summed E-state index contributed by atoms with van der Waals surface area (Å²) in [5, 5.41) is 19.5. The molecule has 0 rings (SSSR count). The normalized spacial score (nSPS) is 17.5. The Labute approximate surface area is 82.0 Å². The van der Waals surface area contributed by atoms with Crippen LogP contribution in [0.3, 0.4) is 0 Å². The lowest BCUT2D eigenvalue weighted by Crippen LogP contribution is -2.35. The molecule has 1 atom stereocenters. The molecule has 2 nitrogen and oxygen atoms in total. The van der Waals surface area contributed by atoms with E-state index in [9.17, 15) is 10.2 Å². The van der Waals surface area contributed by atoms with Crippen LogP contribution in [0.1, 0.15) is 53.9 Å². The maximum absolute atomic E-state index is 9.94. The molecule has 0 saturated heterocycles. The van der Waals surface area contributed by atoms with Crippen LogP contribution in [0.2, 0.25) is 0 Å². The van der Waals surface area contributed by atoms with Gasteiger partial charge in [-0.1, -0.05) is 13.8 Å². The average Bonchev–Trinajstić information content (AvgIpc) is 1.78. The van der Waals surface area contributed by atoms with E-state index in [2.05, 4.69) is 13.8 Å². The van der Waals surface area contributed by atoms with E-state index in [-0.39, 0.29) is 0 Å². The Bertz CT molecular complexity index is 143. The lowest BCUT2D eigenvalue weighted by molar-refractivity contribution is -0.0421. The fourth-order valence-corrected chi connectivity index (χ4v) is 1.62. The summed E-state index contributed by atoms with van der Waals surface area (Å²) < 4.78 is 0. The van der Waals surface area contributed by atoms with Crippen LogP contribution in [0.5, 0.6) is 0 Å². The lowest BCUT2D eigenvalue weighted by Gasteiger charge is -2.30. The molecule has 13 heavy (non-hydrogen) atoms. The van der Waals surface area contributed by atoms with Crippen LogP contribution in [0.15, 0.2) is 0 Å². The highest BCUT2D eigenvalue weighted by Gasteiger charge is 2.28. The number of aliphatic hydroxyl groups is 2. The van der Waals surface area contributed by atoms with Gasteiger partial charge in [-0.2, -0.15) is 0 Å². The van der Waals surface area contributed by atoms with E-state index >= 15 is 0 Å². The smallest absolute Gasteiger partial charge is 0.0647 e. The quantitative estimate of drug-likeness (QED) is 0.695. The van der Waals surface area contributed by atoms with Crippen molar-refractivity contribution in [3.8, 4) is 0 Å². The van der Waals surface area contributed by atoms with E-state index in [1.807, 2.05) is 0 Å². The van der Waals surface area contributed by atoms with Gasteiger partial charge in [0.25, 0.3) is 0 Å². The highest BCUT2D eigenvalue weighted by molar-refractivity contribution is 4.81. The summed E-state index contributed by atoms with van der Waals surface area (Å²) in [7, 11) is 0. The Hall–Kier alpha value is -0.0800. The van der Waals surface area contributed by atoms with Gasteiger partial charge in [-0.05, 0) is 39.5 Å². The van der Waals surface area contributed by atoms with Crippen molar-refractivity contribution in [2.24, 2.45) is 5.92 Å². The molecule has 0 aliphatic carbocycles. The van der Waals surface area contributed by atoms with Crippen molar-refractivity contribution in [2.45, 2.75) is 65.1 Å². The summed E-state index contributed by atoms with van der Waals surface area (Å²) in [5.74, 6) is 0.605. The molecule has 0 aliphatic rings. The van der Waals surface area contributed by atoms with Gasteiger partial charge in [-0.15, -0.1) is 0 Å². The largest absolute Gasteiger partial charge is 0.390 e.